The van der Waals surface area contributed by atoms with Gasteiger partial charge in [0.1, 0.15) is 11.9 Å². The number of rotatable bonds is 3. The van der Waals surface area contributed by atoms with Gasteiger partial charge in [-0.3, -0.25) is 0 Å². The zero-order valence-corrected chi connectivity index (χ0v) is 9.49. The maximum absolute atomic E-state index is 13.4. The second-order valence-electron chi connectivity index (χ2n) is 4.43. The van der Waals surface area contributed by atoms with Gasteiger partial charge in [0.2, 0.25) is 0 Å². The van der Waals surface area contributed by atoms with E-state index in [1.807, 2.05) is 0 Å². The summed E-state index contributed by atoms with van der Waals surface area (Å²) in [6, 6.07) is 6.51. The number of nitriles is 1. The number of aliphatic hydroxyl groups excluding tert-OH is 1. The van der Waals surface area contributed by atoms with E-state index in [1.165, 1.54) is 12.1 Å². The summed E-state index contributed by atoms with van der Waals surface area (Å²) in [5, 5.41) is 21.0. The van der Waals surface area contributed by atoms with Gasteiger partial charge in [0.25, 0.3) is 0 Å². The minimum Gasteiger partial charge on any atom is -0.396 e. The van der Waals surface area contributed by atoms with Crippen molar-refractivity contribution in [1.82, 2.24) is 0 Å². The van der Waals surface area contributed by atoms with Crippen LogP contribution in [0, 0.1) is 23.1 Å². The van der Waals surface area contributed by atoms with Crippen molar-refractivity contribution in [3.8, 4) is 6.07 Å². The van der Waals surface area contributed by atoms with E-state index >= 15 is 0 Å². The standard InChI is InChI=1S/C13H15FN2O/c14-12-6-11(5-4-9(12)7-15)16-13-3-1-2-10(13)8-17/h4-6,10,13,16-17H,1-3,8H2. The predicted octanol–water partition coefficient (Wildman–Crippen LogP) is 2.27. The molecular formula is C13H15FN2O. The quantitative estimate of drug-likeness (QED) is 0.843. The molecule has 1 aromatic carbocycles. The Labute approximate surface area is 99.9 Å². The number of hydrogen-bond donors (Lipinski definition) is 2. The van der Waals surface area contributed by atoms with Crippen molar-refractivity contribution in [3.05, 3.63) is 29.6 Å². The second kappa shape index (κ2) is 5.15. The first-order valence-corrected chi connectivity index (χ1v) is 5.81. The van der Waals surface area contributed by atoms with E-state index in [0.717, 1.165) is 19.3 Å². The second-order valence-corrected chi connectivity index (χ2v) is 4.43. The maximum Gasteiger partial charge on any atom is 0.143 e. The highest BCUT2D eigenvalue weighted by atomic mass is 19.1. The fourth-order valence-corrected chi connectivity index (χ4v) is 2.36. The highest BCUT2D eigenvalue weighted by molar-refractivity contribution is 5.49. The van der Waals surface area contributed by atoms with Crippen LogP contribution in [0.1, 0.15) is 24.8 Å². The molecule has 0 amide bonds. The van der Waals surface area contributed by atoms with E-state index in [0.29, 0.717) is 5.69 Å². The van der Waals surface area contributed by atoms with Crippen molar-refractivity contribution in [2.75, 3.05) is 11.9 Å². The van der Waals surface area contributed by atoms with E-state index < -0.39 is 5.82 Å². The van der Waals surface area contributed by atoms with Gasteiger partial charge in [-0.1, -0.05) is 6.42 Å². The lowest BCUT2D eigenvalue weighted by molar-refractivity contribution is 0.222. The molecule has 1 saturated carbocycles. The third-order valence-corrected chi connectivity index (χ3v) is 3.34. The molecule has 1 aliphatic carbocycles. The number of nitrogens with one attached hydrogen (secondary N) is 1. The first kappa shape index (κ1) is 11.9. The summed E-state index contributed by atoms with van der Waals surface area (Å²) < 4.78 is 13.4. The summed E-state index contributed by atoms with van der Waals surface area (Å²) in [6.07, 6.45) is 3.08. The number of halogens is 1. The predicted molar refractivity (Wildman–Crippen MR) is 63.0 cm³/mol. The molecule has 2 atom stereocenters. The maximum atomic E-state index is 13.4. The Morgan fingerprint density at radius 1 is 1.47 bits per heavy atom. The van der Waals surface area contributed by atoms with Crippen LogP contribution in [0.4, 0.5) is 10.1 Å². The van der Waals surface area contributed by atoms with Gasteiger partial charge in [-0.05, 0) is 31.0 Å². The molecule has 0 radical (unpaired) electrons. The third kappa shape index (κ3) is 2.56. The molecule has 2 N–H and O–H groups in total. The molecule has 1 aliphatic rings. The fraction of sp³-hybridized carbons (Fsp3) is 0.462. The monoisotopic (exact) mass is 234 g/mol. The average Bonchev–Trinajstić information content (AvgIpc) is 2.76. The molecule has 1 aromatic rings. The minimum absolute atomic E-state index is 0.0562. The van der Waals surface area contributed by atoms with Gasteiger partial charge >= 0.3 is 0 Å². The van der Waals surface area contributed by atoms with Crippen LogP contribution in [0.25, 0.3) is 0 Å². The molecular weight excluding hydrogens is 219 g/mol. The summed E-state index contributed by atoms with van der Waals surface area (Å²) in [4.78, 5) is 0. The molecule has 1 fully saturated rings. The third-order valence-electron chi connectivity index (χ3n) is 3.34. The highest BCUT2D eigenvalue weighted by Crippen LogP contribution is 2.28. The Hall–Kier alpha value is -1.60. The topological polar surface area (TPSA) is 56.0 Å². The SMILES string of the molecule is N#Cc1ccc(NC2CCCC2CO)cc1F. The molecule has 0 aliphatic heterocycles. The Morgan fingerprint density at radius 2 is 2.29 bits per heavy atom. The summed E-state index contributed by atoms with van der Waals surface area (Å²) in [7, 11) is 0. The van der Waals surface area contributed by atoms with Gasteiger partial charge in [0, 0.05) is 24.3 Å². The summed E-state index contributed by atoms with van der Waals surface area (Å²) in [5.74, 6) is -0.259. The molecule has 2 rings (SSSR count). The normalized spacial score (nSPS) is 23.4. The lowest BCUT2D eigenvalue weighted by Crippen LogP contribution is -2.26. The van der Waals surface area contributed by atoms with Crippen molar-refractivity contribution < 1.29 is 9.50 Å². The Morgan fingerprint density at radius 3 is 2.94 bits per heavy atom. The lowest BCUT2D eigenvalue weighted by Gasteiger charge is -2.20. The Bertz CT molecular complexity index is 442. The van der Waals surface area contributed by atoms with Gasteiger partial charge in [-0.2, -0.15) is 5.26 Å². The summed E-state index contributed by atoms with van der Waals surface area (Å²) in [6.45, 7) is 0.163. The number of nitrogens with zero attached hydrogens (tertiary/aromatic N) is 1. The minimum atomic E-state index is -0.504. The van der Waals surface area contributed by atoms with E-state index in [-0.39, 0.29) is 24.1 Å². The molecule has 0 saturated heterocycles. The molecule has 90 valence electrons. The molecule has 0 bridgehead atoms. The zero-order chi connectivity index (χ0) is 12.3. The van der Waals surface area contributed by atoms with Crippen molar-refractivity contribution in [1.29, 1.82) is 5.26 Å². The van der Waals surface area contributed by atoms with Gasteiger partial charge < -0.3 is 10.4 Å². The summed E-state index contributed by atoms with van der Waals surface area (Å²) in [5.41, 5.74) is 0.729. The van der Waals surface area contributed by atoms with Crippen molar-refractivity contribution in [2.45, 2.75) is 25.3 Å². The van der Waals surface area contributed by atoms with E-state index in [2.05, 4.69) is 5.32 Å². The molecule has 0 heterocycles. The number of aliphatic hydroxyl groups is 1. The number of anilines is 1. The van der Waals surface area contributed by atoms with Crippen LogP contribution in [0.15, 0.2) is 18.2 Å². The van der Waals surface area contributed by atoms with Crippen molar-refractivity contribution in [3.63, 3.8) is 0 Å². The first-order chi connectivity index (χ1) is 8.24. The highest BCUT2D eigenvalue weighted by Gasteiger charge is 2.26. The van der Waals surface area contributed by atoms with E-state index in [9.17, 15) is 9.50 Å². The van der Waals surface area contributed by atoms with Gasteiger partial charge in [-0.15, -0.1) is 0 Å². The van der Waals surface area contributed by atoms with E-state index in [4.69, 9.17) is 5.26 Å². The van der Waals surface area contributed by atoms with Gasteiger partial charge in [0.05, 0.1) is 5.56 Å². The molecule has 17 heavy (non-hydrogen) atoms. The van der Waals surface area contributed by atoms with Crippen LogP contribution in [-0.4, -0.2) is 17.8 Å². The number of hydrogen-bond acceptors (Lipinski definition) is 3. The average molecular weight is 234 g/mol. The molecule has 0 aromatic heterocycles. The van der Waals surface area contributed by atoms with Gasteiger partial charge in [0.15, 0.2) is 0 Å². The van der Waals surface area contributed by atoms with Crippen LogP contribution in [-0.2, 0) is 0 Å². The molecule has 0 spiro atoms. The van der Waals surface area contributed by atoms with Crippen molar-refractivity contribution in [2.24, 2.45) is 5.92 Å². The van der Waals surface area contributed by atoms with Crippen LogP contribution >= 0.6 is 0 Å². The zero-order valence-electron chi connectivity index (χ0n) is 9.49. The van der Waals surface area contributed by atoms with E-state index in [1.54, 1.807) is 12.1 Å². The smallest absolute Gasteiger partial charge is 0.143 e. The van der Waals surface area contributed by atoms with Crippen molar-refractivity contribution >= 4 is 5.69 Å². The van der Waals surface area contributed by atoms with Crippen LogP contribution < -0.4 is 5.32 Å². The fourth-order valence-electron chi connectivity index (χ4n) is 2.36. The van der Waals surface area contributed by atoms with Crippen LogP contribution in [0.5, 0.6) is 0 Å². The lowest BCUT2D eigenvalue weighted by atomic mass is 10.0. The van der Waals surface area contributed by atoms with Crippen LogP contribution in [0.3, 0.4) is 0 Å². The largest absolute Gasteiger partial charge is 0.396 e. The molecule has 4 heteroatoms. The molecule has 2 unspecified atom stereocenters. The Balaban J connectivity index is 2.09. The van der Waals surface area contributed by atoms with Gasteiger partial charge in [-0.25, -0.2) is 4.39 Å². The molecule has 3 nitrogen and oxygen atoms in total. The number of benzene rings is 1. The first-order valence-electron chi connectivity index (χ1n) is 5.81. The van der Waals surface area contributed by atoms with Crippen LogP contribution in [0.2, 0.25) is 0 Å². The Kier molecular flexibility index (Phi) is 3.60. The summed E-state index contributed by atoms with van der Waals surface area (Å²) >= 11 is 0.